The first kappa shape index (κ1) is 14.3. The van der Waals surface area contributed by atoms with Gasteiger partial charge in [0.2, 0.25) is 0 Å². The molecular formula is C15H12ClN3O3. The fraction of sp³-hybridized carbons (Fsp3) is 0.133. The molecule has 6 nitrogen and oxygen atoms in total. The van der Waals surface area contributed by atoms with Gasteiger partial charge in [-0.05, 0) is 25.1 Å². The van der Waals surface area contributed by atoms with Gasteiger partial charge in [0.15, 0.2) is 0 Å². The fourth-order valence-corrected chi connectivity index (χ4v) is 2.37. The molecule has 0 amide bonds. The molecule has 0 unspecified atom stereocenters. The van der Waals surface area contributed by atoms with Crippen LogP contribution in [-0.2, 0) is 4.74 Å². The zero-order chi connectivity index (χ0) is 15.7. The molecule has 0 spiro atoms. The lowest BCUT2D eigenvalue weighted by atomic mass is 10.2. The van der Waals surface area contributed by atoms with Crippen LogP contribution in [0.3, 0.4) is 0 Å². The van der Waals surface area contributed by atoms with E-state index in [1.807, 2.05) is 6.07 Å². The normalized spacial score (nSPS) is 10.8. The number of carbonyl (C=O) groups excluding carboxylic acids is 1. The summed E-state index contributed by atoms with van der Waals surface area (Å²) >= 11 is 6.15. The van der Waals surface area contributed by atoms with Crippen LogP contribution in [0.1, 0.15) is 17.3 Å². The number of esters is 1. The summed E-state index contributed by atoms with van der Waals surface area (Å²) in [5.41, 5.74) is 0.526. The zero-order valence-corrected chi connectivity index (χ0v) is 12.4. The van der Waals surface area contributed by atoms with Crippen LogP contribution < -0.4 is 5.56 Å². The number of hydrogen-bond donors (Lipinski definition) is 1. The molecule has 2 heterocycles. The van der Waals surface area contributed by atoms with E-state index >= 15 is 0 Å². The van der Waals surface area contributed by atoms with Crippen LogP contribution in [0.5, 0.6) is 0 Å². The van der Waals surface area contributed by atoms with Gasteiger partial charge in [0, 0.05) is 5.39 Å². The van der Waals surface area contributed by atoms with Crippen molar-refractivity contribution in [1.29, 1.82) is 0 Å². The van der Waals surface area contributed by atoms with Gasteiger partial charge in [-0.3, -0.25) is 4.79 Å². The van der Waals surface area contributed by atoms with Gasteiger partial charge in [-0.1, -0.05) is 23.7 Å². The maximum atomic E-state index is 12.1. The third kappa shape index (κ3) is 2.37. The van der Waals surface area contributed by atoms with Gasteiger partial charge in [-0.2, -0.15) is 5.10 Å². The highest BCUT2D eigenvalue weighted by atomic mass is 35.5. The van der Waals surface area contributed by atoms with E-state index in [0.29, 0.717) is 21.7 Å². The molecule has 0 aliphatic carbocycles. The van der Waals surface area contributed by atoms with Crippen molar-refractivity contribution in [1.82, 2.24) is 14.8 Å². The van der Waals surface area contributed by atoms with E-state index in [1.165, 1.54) is 10.7 Å². The van der Waals surface area contributed by atoms with Gasteiger partial charge in [0.25, 0.3) is 5.56 Å². The number of aromatic nitrogens is 3. The Bertz CT molecular complexity index is 914. The Morgan fingerprint density at radius 3 is 2.91 bits per heavy atom. The average Bonchev–Trinajstić information content (AvgIpc) is 2.90. The summed E-state index contributed by atoms with van der Waals surface area (Å²) < 4.78 is 6.38. The predicted molar refractivity (Wildman–Crippen MR) is 82.7 cm³/mol. The molecule has 7 heteroatoms. The Kier molecular flexibility index (Phi) is 3.68. The second-order valence-corrected chi connectivity index (χ2v) is 4.95. The van der Waals surface area contributed by atoms with Crippen LogP contribution in [0.25, 0.3) is 16.7 Å². The Balaban J connectivity index is 2.18. The lowest BCUT2D eigenvalue weighted by molar-refractivity contribution is 0.0524. The highest BCUT2D eigenvalue weighted by Gasteiger charge is 2.16. The number of rotatable bonds is 3. The number of H-pyrrole nitrogens is 1. The minimum atomic E-state index is -0.656. The fourth-order valence-electron chi connectivity index (χ4n) is 2.15. The molecule has 22 heavy (non-hydrogen) atoms. The van der Waals surface area contributed by atoms with Crippen LogP contribution >= 0.6 is 11.6 Å². The standard InChI is InChI=1S/C15H12ClN3O3/c1-2-22-15(21)10-7-9-8-17-19(13(9)18-14(10)20)12-6-4-3-5-11(12)16/h3-8H,2H2,1H3,(H,18,20). The predicted octanol–water partition coefficient (Wildman–Crippen LogP) is 2.54. The second-order valence-electron chi connectivity index (χ2n) is 4.54. The summed E-state index contributed by atoms with van der Waals surface area (Å²) in [6.45, 7) is 1.88. The molecular weight excluding hydrogens is 306 g/mol. The van der Waals surface area contributed by atoms with Crippen molar-refractivity contribution in [3.05, 3.63) is 57.5 Å². The van der Waals surface area contributed by atoms with Crippen molar-refractivity contribution in [3.63, 3.8) is 0 Å². The third-order valence-electron chi connectivity index (χ3n) is 3.15. The zero-order valence-electron chi connectivity index (χ0n) is 11.7. The first-order chi connectivity index (χ1) is 10.6. The van der Waals surface area contributed by atoms with Gasteiger partial charge < -0.3 is 9.72 Å². The van der Waals surface area contributed by atoms with E-state index in [0.717, 1.165) is 0 Å². The van der Waals surface area contributed by atoms with Gasteiger partial charge in [0.05, 0.1) is 23.5 Å². The molecule has 1 N–H and O–H groups in total. The lowest BCUT2D eigenvalue weighted by Gasteiger charge is -2.06. The van der Waals surface area contributed by atoms with Crippen molar-refractivity contribution in [2.75, 3.05) is 6.61 Å². The van der Waals surface area contributed by atoms with Crippen molar-refractivity contribution < 1.29 is 9.53 Å². The molecule has 0 aliphatic heterocycles. The van der Waals surface area contributed by atoms with Crippen molar-refractivity contribution in [3.8, 4) is 5.69 Å². The number of nitrogens with zero attached hydrogens (tertiary/aromatic N) is 2. The van der Waals surface area contributed by atoms with E-state index in [2.05, 4.69) is 10.1 Å². The Labute approximate surface area is 130 Å². The number of ether oxygens (including phenoxy) is 1. The summed E-state index contributed by atoms with van der Waals surface area (Å²) in [5, 5.41) is 5.34. The molecule has 3 rings (SSSR count). The molecule has 0 aliphatic rings. The second kappa shape index (κ2) is 5.65. The maximum Gasteiger partial charge on any atom is 0.343 e. The minimum Gasteiger partial charge on any atom is -0.462 e. The summed E-state index contributed by atoms with van der Waals surface area (Å²) in [7, 11) is 0. The number of benzene rings is 1. The Morgan fingerprint density at radius 1 is 1.41 bits per heavy atom. The van der Waals surface area contributed by atoms with Gasteiger partial charge in [0.1, 0.15) is 11.2 Å². The van der Waals surface area contributed by atoms with E-state index < -0.39 is 11.5 Å². The number of halogens is 1. The first-order valence-electron chi connectivity index (χ1n) is 6.65. The largest absolute Gasteiger partial charge is 0.462 e. The summed E-state index contributed by atoms with van der Waals surface area (Å²) in [6.07, 6.45) is 1.55. The van der Waals surface area contributed by atoms with E-state index in [-0.39, 0.29) is 12.2 Å². The Hall–Kier alpha value is -2.60. The number of para-hydroxylation sites is 1. The van der Waals surface area contributed by atoms with Crippen LogP contribution in [0.4, 0.5) is 0 Å². The number of nitrogens with one attached hydrogen (secondary N) is 1. The smallest absolute Gasteiger partial charge is 0.343 e. The molecule has 0 atom stereocenters. The van der Waals surface area contributed by atoms with Gasteiger partial charge in [-0.25, -0.2) is 9.48 Å². The molecule has 0 saturated heterocycles. The van der Waals surface area contributed by atoms with Crippen molar-refractivity contribution in [2.45, 2.75) is 6.92 Å². The third-order valence-corrected chi connectivity index (χ3v) is 3.47. The van der Waals surface area contributed by atoms with Gasteiger partial charge in [-0.15, -0.1) is 0 Å². The molecule has 0 bridgehead atoms. The number of carbonyl (C=O) groups is 1. The minimum absolute atomic E-state index is 0.0481. The van der Waals surface area contributed by atoms with E-state index in [1.54, 1.807) is 31.3 Å². The number of pyridine rings is 1. The molecule has 1 aromatic carbocycles. The molecule has 0 saturated carbocycles. The summed E-state index contributed by atoms with van der Waals surface area (Å²) in [5.74, 6) is -0.656. The topological polar surface area (TPSA) is 77.0 Å². The maximum absolute atomic E-state index is 12.1. The molecule has 112 valence electrons. The van der Waals surface area contributed by atoms with Crippen molar-refractivity contribution in [2.24, 2.45) is 0 Å². The average molecular weight is 318 g/mol. The van der Waals surface area contributed by atoms with Crippen LogP contribution in [0, 0.1) is 0 Å². The molecule has 2 aromatic heterocycles. The highest BCUT2D eigenvalue weighted by molar-refractivity contribution is 6.32. The van der Waals surface area contributed by atoms with Crippen LogP contribution in [-0.4, -0.2) is 27.3 Å². The lowest BCUT2D eigenvalue weighted by Crippen LogP contribution is -2.20. The SMILES string of the molecule is CCOC(=O)c1cc2cnn(-c3ccccc3Cl)c2[nH]c1=O. The monoisotopic (exact) mass is 317 g/mol. The summed E-state index contributed by atoms with van der Waals surface area (Å²) in [4.78, 5) is 26.5. The molecule has 0 radical (unpaired) electrons. The number of aromatic amines is 1. The number of hydrogen-bond acceptors (Lipinski definition) is 4. The van der Waals surface area contributed by atoms with E-state index in [9.17, 15) is 9.59 Å². The van der Waals surface area contributed by atoms with Crippen LogP contribution in [0.2, 0.25) is 5.02 Å². The first-order valence-corrected chi connectivity index (χ1v) is 7.02. The summed E-state index contributed by atoms with van der Waals surface area (Å²) in [6, 6.07) is 8.60. The molecule has 3 aromatic rings. The Morgan fingerprint density at radius 2 is 2.18 bits per heavy atom. The highest BCUT2D eigenvalue weighted by Crippen LogP contribution is 2.22. The number of fused-ring (bicyclic) bond motifs is 1. The molecule has 0 fully saturated rings. The van der Waals surface area contributed by atoms with Crippen molar-refractivity contribution >= 4 is 28.6 Å². The quantitative estimate of drug-likeness (QED) is 0.753. The van der Waals surface area contributed by atoms with Crippen LogP contribution in [0.15, 0.2) is 41.3 Å². The van der Waals surface area contributed by atoms with Gasteiger partial charge >= 0.3 is 5.97 Å². The van der Waals surface area contributed by atoms with E-state index in [4.69, 9.17) is 16.3 Å².